The van der Waals surface area contributed by atoms with Gasteiger partial charge >= 0.3 is 0 Å². The quantitative estimate of drug-likeness (QED) is 0.654. The molecule has 1 rings (SSSR count). The third-order valence-electron chi connectivity index (χ3n) is 2.08. The topological polar surface area (TPSA) is 35.5 Å². The van der Waals surface area contributed by atoms with E-state index in [1.807, 2.05) is 14.1 Å². The summed E-state index contributed by atoms with van der Waals surface area (Å²) in [6, 6.07) is 0.300. The van der Waals surface area contributed by atoms with Gasteiger partial charge < -0.3 is 15.3 Å². The normalized spacial score (nSPS) is 29.0. The predicted molar refractivity (Wildman–Crippen MR) is 55.5 cm³/mol. The number of aliphatic hydroxyl groups excluding tert-OH is 1. The van der Waals surface area contributed by atoms with E-state index in [1.165, 1.54) is 0 Å². The average molecular weight is 217 g/mol. The van der Waals surface area contributed by atoms with Crippen LogP contribution in [0.4, 0.5) is 0 Å². The summed E-state index contributed by atoms with van der Waals surface area (Å²) in [6.07, 6.45) is 0.735. The highest BCUT2D eigenvalue weighted by Gasteiger charge is 2.23. The Hall–Kier alpha value is 0.460. The number of nitrogens with zero attached hydrogens (tertiary/aromatic N) is 1. The van der Waals surface area contributed by atoms with Crippen molar-refractivity contribution in [3.05, 3.63) is 0 Å². The smallest absolute Gasteiger partial charge is 0.0719 e. The van der Waals surface area contributed by atoms with Gasteiger partial charge in [-0.05, 0) is 27.1 Å². The first-order chi connectivity index (χ1) is 4.72. The van der Waals surface area contributed by atoms with E-state index in [4.69, 9.17) is 0 Å². The number of likely N-dealkylation sites (N-methyl/N-ethyl adjacent to an activating group) is 1. The molecule has 1 heterocycles. The molecule has 12 heavy (non-hydrogen) atoms. The van der Waals surface area contributed by atoms with Crippen LogP contribution in [0.1, 0.15) is 6.42 Å². The van der Waals surface area contributed by atoms with Crippen molar-refractivity contribution in [1.82, 2.24) is 10.2 Å². The van der Waals surface area contributed by atoms with E-state index in [1.54, 1.807) is 0 Å². The predicted octanol–water partition coefficient (Wildman–Crippen LogP) is 0.114. The molecule has 3 nitrogen and oxygen atoms in total. The lowest BCUT2D eigenvalue weighted by molar-refractivity contribution is 0.0523. The van der Waals surface area contributed by atoms with E-state index in [9.17, 15) is 5.11 Å². The van der Waals surface area contributed by atoms with E-state index in [0.717, 1.165) is 19.5 Å². The van der Waals surface area contributed by atoms with Crippen LogP contribution >= 0.6 is 24.8 Å². The number of hydrogen-bond acceptors (Lipinski definition) is 3. The number of piperidine rings is 1. The Balaban J connectivity index is 0. The lowest BCUT2D eigenvalue weighted by Gasteiger charge is -2.33. The first-order valence-corrected chi connectivity index (χ1v) is 3.77. The second kappa shape index (κ2) is 6.92. The lowest BCUT2D eigenvalue weighted by atomic mass is 10.0. The summed E-state index contributed by atoms with van der Waals surface area (Å²) in [5.41, 5.74) is 0. The molecule has 0 radical (unpaired) electrons. The fourth-order valence-electron chi connectivity index (χ4n) is 1.36. The van der Waals surface area contributed by atoms with Gasteiger partial charge in [0.05, 0.1) is 6.10 Å². The molecule has 0 aromatic carbocycles. The molecule has 0 amide bonds. The second-order valence-corrected chi connectivity index (χ2v) is 3.09. The van der Waals surface area contributed by atoms with Gasteiger partial charge in [-0.25, -0.2) is 0 Å². The van der Waals surface area contributed by atoms with Crippen LogP contribution in [-0.4, -0.2) is 49.3 Å². The largest absolute Gasteiger partial charge is 0.391 e. The molecule has 0 spiro atoms. The zero-order chi connectivity index (χ0) is 7.56. The standard InChI is InChI=1S/C7H16N2O.2ClH/c1-9(2)6-5-8-4-3-7(6)10;;/h6-8,10H,3-5H2,1-2H3;2*1H/t6-,7-;;/m1../s1. The molecule has 0 saturated carbocycles. The Labute approximate surface area is 86.3 Å². The van der Waals surface area contributed by atoms with Crippen molar-refractivity contribution in [3.8, 4) is 0 Å². The van der Waals surface area contributed by atoms with Gasteiger partial charge in [0.2, 0.25) is 0 Å². The van der Waals surface area contributed by atoms with Gasteiger partial charge in [-0.3, -0.25) is 0 Å². The monoisotopic (exact) mass is 216 g/mol. The van der Waals surface area contributed by atoms with E-state index in [-0.39, 0.29) is 30.9 Å². The van der Waals surface area contributed by atoms with Crippen LogP contribution in [0.5, 0.6) is 0 Å². The molecule has 1 aliphatic heterocycles. The summed E-state index contributed by atoms with van der Waals surface area (Å²) in [7, 11) is 4.00. The molecule has 76 valence electrons. The zero-order valence-corrected chi connectivity index (χ0v) is 9.12. The number of aliphatic hydroxyl groups is 1. The Morgan fingerprint density at radius 2 is 1.92 bits per heavy atom. The Morgan fingerprint density at radius 3 is 2.25 bits per heavy atom. The lowest BCUT2D eigenvalue weighted by Crippen LogP contribution is -2.51. The van der Waals surface area contributed by atoms with Crippen molar-refractivity contribution in [3.63, 3.8) is 0 Å². The molecule has 2 atom stereocenters. The summed E-state index contributed by atoms with van der Waals surface area (Å²) < 4.78 is 0. The van der Waals surface area contributed by atoms with Crippen LogP contribution in [0.2, 0.25) is 0 Å². The summed E-state index contributed by atoms with van der Waals surface area (Å²) in [4.78, 5) is 2.07. The molecular formula is C7H18Cl2N2O. The van der Waals surface area contributed by atoms with Crippen LogP contribution < -0.4 is 5.32 Å². The molecule has 1 fully saturated rings. The van der Waals surface area contributed by atoms with Crippen molar-refractivity contribution in [1.29, 1.82) is 0 Å². The van der Waals surface area contributed by atoms with Crippen LogP contribution in [0.3, 0.4) is 0 Å². The van der Waals surface area contributed by atoms with Crippen LogP contribution in [-0.2, 0) is 0 Å². The van der Waals surface area contributed by atoms with Gasteiger partial charge in [0, 0.05) is 12.6 Å². The third kappa shape index (κ3) is 3.92. The molecule has 0 unspecified atom stereocenters. The fraction of sp³-hybridized carbons (Fsp3) is 1.00. The van der Waals surface area contributed by atoms with Gasteiger partial charge in [-0.1, -0.05) is 0 Å². The van der Waals surface area contributed by atoms with E-state index >= 15 is 0 Å². The van der Waals surface area contributed by atoms with Crippen LogP contribution in [0, 0.1) is 0 Å². The van der Waals surface area contributed by atoms with Gasteiger partial charge in [-0.2, -0.15) is 0 Å². The molecule has 5 heteroatoms. The SMILES string of the molecule is CN(C)[C@@H]1CNCC[C@H]1O.Cl.Cl. The van der Waals surface area contributed by atoms with Crippen molar-refractivity contribution in [2.45, 2.75) is 18.6 Å². The highest BCUT2D eigenvalue weighted by Crippen LogP contribution is 2.07. The van der Waals surface area contributed by atoms with Crippen molar-refractivity contribution >= 4 is 24.8 Å². The van der Waals surface area contributed by atoms with E-state index < -0.39 is 0 Å². The van der Waals surface area contributed by atoms with Crippen molar-refractivity contribution in [2.75, 3.05) is 27.2 Å². The fourth-order valence-corrected chi connectivity index (χ4v) is 1.36. The summed E-state index contributed by atoms with van der Waals surface area (Å²) in [5, 5.41) is 12.7. The average Bonchev–Trinajstić information content (AvgIpc) is 1.88. The molecule has 1 saturated heterocycles. The summed E-state index contributed by atoms with van der Waals surface area (Å²) in [6.45, 7) is 1.86. The number of halogens is 2. The molecule has 2 N–H and O–H groups in total. The maximum Gasteiger partial charge on any atom is 0.0719 e. The minimum absolute atomic E-state index is 0. The van der Waals surface area contributed by atoms with Gasteiger partial charge in [-0.15, -0.1) is 24.8 Å². The van der Waals surface area contributed by atoms with Gasteiger partial charge in [0.15, 0.2) is 0 Å². The number of hydrogen-bond donors (Lipinski definition) is 2. The van der Waals surface area contributed by atoms with Gasteiger partial charge in [0.25, 0.3) is 0 Å². The van der Waals surface area contributed by atoms with Crippen LogP contribution in [0.15, 0.2) is 0 Å². The maximum atomic E-state index is 9.46. The number of rotatable bonds is 1. The first-order valence-electron chi connectivity index (χ1n) is 3.77. The van der Waals surface area contributed by atoms with E-state index in [2.05, 4.69) is 10.2 Å². The Bertz CT molecular complexity index is 114. The second-order valence-electron chi connectivity index (χ2n) is 3.09. The highest BCUT2D eigenvalue weighted by molar-refractivity contribution is 5.85. The minimum atomic E-state index is -0.142. The van der Waals surface area contributed by atoms with Crippen molar-refractivity contribution in [2.24, 2.45) is 0 Å². The Morgan fingerprint density at radius 1 is 1.33 bits per heavy atom. The van der Waals surface area contributed by atoms with E-state index in [0.29, 0.717) is 6.04 Å². The third-order valence-corrected chi connectivity index (χ3v) is 2.08. The van der Waals surface area contributed by atoms with Crippen LogP contribution in [0.25, 0.3) is 0 Å². The summed E-state index contributed by atoms with van der Waals surface area (Å²) >= 11 is 0. The number of nitrogens with one attached hydrogen (secondary N) is 1. The molecular weight excluding hydrogens is 199 g/mol. The van der Waals surface area contributed by atoms with Gasteiger partial charge in [0.1, 0.15) is 0 Å². The summed E-state index contributed by atoms with van der Waals surface area (Å²) in [5.74, 6) is 0. The molecule has 0 aliphatic carbocycles. The highest BCUT2D eigenvalue weighted by atomic mass is 35.5. The molecule has 1 aliphatic rings. The van der Waals surface area contributed by atoms with Crippen molar-refractivity contribution < 1.29 is 5.11 Å². The first kappa shape index (κ1) is 15.0. The molecule has 0 aromatic rings. The maximum absolute atomic E-state index is 9.46. The molecule has 0 aromatic heterocycles. The molecule has 0 bridgehead atoms. The minimum Gasteiger partial charge on any atom is -0.391 e. The Kier molecular flexibility index (Phi) is 8.63. The zero-order valence-electron chi connectivity index (χ0n) is 7.49.